The molecule has 1 aliphatic heterocycles. The molecular weight excluding hydrogens is 1260 g/mol. The molecule has 99 heavy (non-hydrogen) atoms. The van der Waals surface area contributed by atoms with Crippen LogP contribution in [-0.4, -0.2) is 80.5 Å². The van der Waals surface area contributed by atoms with Crippen LogP contribution in [0.3, 0.4) is 0 Å². The topological polar surface area (TPSA) is 198 Å². The number of amides is 3. The minimum atomic E-state index is -3.65. The molecule has 3 aliphatic carbocycles. The third kappa shape index (κ3) is 15.4. The maximum atomic E-state index is 14.7. The van der Waals surface area contributed by atoms with Gasteiger partial charge in [0.2, 0.25) is 27.7 Å². The minimum Gasteiger partial charge on any atom is -0.497 e. The molecule has 0 aromatic heterocycles. The molecule has 16 heteroatoms. The molecule has 9 aromatic rings. The van der Waals surface area contributed by atoms with Crippen molar-refractivity contribution < 1.29 is 58.5 Å². The van der Waals surface area contributed by atoms with E-state index in [1.54, 1.807) is 63.6 Å². The van der Waals surface area contributed by atoms with E-state index in [1.807, 2.05) is 153 Å². The number of nitrogens with one attached hydrogen (secondary N) is 3. The molecule has 4 fully saturated rings. The highest BCUT2D eigenvalue weighted by Crippen LogP contribution is 2.51. The summed E-state index contributed by atoms with van der Waals surface area (Å²) < 4.78 is 52.7. The summed E-state index contributed by atoms with van der Waals surface area (Å²) in [5, 5.41) is 18.9. The Labute approximate surface area is 587 Å². The SMILES string of the molecule is COc1ccc(C2(C(=O)Nc3ccc(C)c(-c4ccc(C(C)=O)cc4C)c3)CC2)cc1.COc1ccc(C2(C(=O)Nc3ccc(C)c(-c4ccc(C(C)=O)cc4F)c3)CC2)cc1.O=C(Nc1cccc(-c2ccc(S(=O)(=O)N3CCC[C@@H]3CO)cc2)c1)C1(c2ccccc2)CCCCC1.[HH].[HH].[HH].[HH].[HH]. The highest BCUT2D eigenvalue weighted by atomic mass is 32.2. The summed E-state index contributed by atoms with van der Waals surface area (Å²) in [6.07, 6.45) is 9.59. The number of sulfonamides is 1. The number of carbonyl (C=O) groups excluding carboxylic acids is 5. The normalized spacial score (nSPS) is 16.3. The van der Waals surface area contributed by atoms with Crippen molar-refractivity contribution in [3.8, 4) is 44.9 Å². The van der Waals surface area contributed by atoms with E-state index >= 15 is 0 Å². The number of hydrogen-bond acceptors (Lipinski definition) is 10. The number of anilines is 3. The molecule has 1 saturated heterocycles. The molecule has 1 heterocycles. The van der Waals surface area contributed by atoms with Gasteiger partial charge >= 0.3 is 0 Å². The molecule has 0 bridgehead atoms. The van der Waals surface area contributed by atoms with E-state index in [1.165, 1.54) is 17.3 Å². The van der Waals surface area contributed by atoms with Crippen molar-refractivity contribution in [3.05, 3.63) is 251 Å². The largest absolute Gasteiger partial charge is 0.497 e. The average Bonchev–Trinajstić information content (AvgIpc) is 1.58. The Hall–Kier alpha value is -9.87. The third-order valence-electron chi connectivity index (χ3n) is 20.2. The van der Waals surface area contributed by atoms with Crippen molar-refractivity contribution in [2.75, 3.05) is 43.3 Å². The smallest absolute Gasteiger partial charge is 0.243 e. The van der Waals surface area contributed by atoms with Crippen molar-refractivity contribution >= 4 is 56.4 Å². The van der Waals surface area contributed by atoms with E-state index in [0.29, 0.717) is 40.9 Å². The van der Waals surface area contributed by atoms with Gasteiger partial charge in [-0.15, -0.1) is 0 Å². The van der Waals surface area contributed by atoms with Crippen LogP contribution in [0.4, 0.5) is 21.5 Å². The van der Waals surface area contributed by atoms with E-state index in [4.69, 9.17) is 9.47 Å². The van der Waals surface area contributed by atoms with Gasteiger partial charge in [-0.05, 0) is 232 Å². The molecule has 4 aliphatic rings. The van der Waals surface area contributed by atoms with Gasteiger partial charge in [0.15, 0.2) is 11.6 Å². The molecule has 0 radical (unpaired) electrons. The Morgan fingerprint density at radius 2 is 0.960 bits per heavy atom. The van der Waals surface area contributed by atoms with E-state index in [-0.39, 0.29) is 54.0 Å². The number of hydrogen-bond donors (Lipinski definition) is 4. The molecular formula is C83H95FN4O10S. The van der Waals surface area contributed by atoms with Crippen LogP contribution in [0.5, 0.6) is 11.5 Å². The van der Waals surface area contributed by atoms with Gasteiger partial charge in [0, 0.05) is 53.5 Å². The molecule has 3 saturated carbocycles. The molecule has 3 amide bonds. The number of carbonyl (C=O) groups is 5. The van der Waals surface area contributed by atoms with Gasteiger partial charge in [-0.3, -0.25) is 24.0 Å². The lowest BCUT2D eigenvalue weighted by atomic mass is 9.68. The zero-order chi connectivity index (χ0) is 70.2. The number of aliphatic hydroxyl groups excluding tert-OH is 1. The second-order valence-electron chi connectivity index (χ2n) is 26.6. The first-order valence-corrected chi connectivity index (χ1v) is 35.3. The molecule has 9 aromatic carbocycles. The molecule has 0 spiro atoms. The van der Waals surface area contributed by atoms with Gasteiger partial charge in [-0.2, -0.15) is 4.31 Å². The summed E-state index contributed by atoms with van der Waals surface area (Å²) in [6, 6.07) is 61.3. The van der Waals surface area contributed by atoms with Crippen LogP contribution >= 0.6 is 0 Å². The first-order chi connectivity index (χ1) is 47.6. The summed E-state index contributed by atoms with van der Waals surface area (Å²) in [7, 11) is -0.403. The fourth-order valence-corrected chi connectivity index (χ4v) is 15.5. The number of ether oxygens (including phenoxy) is 2. The van der Waals surface area contributed by atoms with E-state index in [9.17, 15) is 41.9 Å². The van der Waals surface area contributed by atoms with E-state index < -0.39 is 32.1 Å². The van der Waals surface area contributed by atoms with Gasteiger partial charge in [0.05, 0.1) is 42.0 Å². The second-order valence-corrected chi connectivity index (χ2v) is 28.5. The van der Waals surface area contributed by atoms with Crippen LogP contribution in [0.25, 0.3) is 33.4 Å². The summed E-state index contributed by atoms with van der Waals surface area (Å²) in [4.78, 5) is 63.4. The second kappa shape index (κ2) is 30.1. The number of ketones is 2. The summed E-state index contributed by atoms with van der Waals surface area (Å²) in [5.41, 5.74) is 12.7. The van der Waals surface area contributed by atoms with Gasteiger partial charge < -0.3 is 30.5 Å². The van der Waals surface area contributed by atoms with Gasteiger partial charge in [-0.25, -0.2) is 12.8 Å². The molecule has 13 rings (SSSR count). The van der Waals surface area contributed by atoms with Crippen molar-refractivity contribution in [2.24, 2.45) is 0 Å². The maximum Gasteiger partial charge on any atom is 0.243 e. The van der Waals surface area contributed by atoms with Crippen molar-refractivity contribution in [3.63, 3.8) is 0 Å². The number of rotatable bonds is 19. The van der Waals surface area contributed by atoms with Gasteiger partial charge in [0.1, 0.15) is 17.3 Å². The highest BCUT2D eigenvalue weighted by Gasteiger charge is 2.52. The fraction of sp³-hybridized carbons (Fsp3) is 0.289. The van der Waals surface area contributed by atoms with Gasteiger partial charge in [0.25, 0.3) is 0 Å². The van der Waals surface area contributed by atoms with E-state index in [2.05, 4.69) is 35.0 Å². The lowest BCUT2D eigenvalue weighted by molar-refractivity contribution is -0.123. The summed E-state index contributed by atoms with van der Waals surface area (Å²) in [6.45, 7) is 9.20. The molecule has 520 valence electrons. The quantitative estimate of drug-likeness (QED) is 0.0565. The Morgan fingerprint density at radius 3 is 1.43 bits per heavy atom. The van der Waals surface area contributed by atoms with E-state index in [0.717, 1.165) is 143 Å². The summed E-state index contributed by atoms with van der Waals surface area (Å²) >= 11 is 0. The van der Waals surface area contributed by atoms with Crippen LogP contribution in [0.1, 0.15) is 146 Å². The van der Waals surface area contributed by atoms with Crippen molar-refractivity contribution in [2.45, 2.75) is 132 Å². The number of aryl methyl sites for hydroxylation is 3. The standard InChI is InChI=1S/C30H34N2O4S.C27H27NO3.C26H24FNO3.5H2/c33-22-27-13-8-20-32(27)37(35,36)28-16-14-23(15-17-28)24-9-7-12-26(21-24)31-29(34)30(18-5-2-6-19-30)25-10-3-1-4-11-25;1-17-5-9-22(16-25(17)24-12-6-20(19(3)29)15-18(24)2)28-26(30)27(13-14-27)21-7-10-23(31-4)11-8-21;1-16-4-8-20(15-23(16)22-11-5-18(17(2)29)14-24(22)27)28-25(30)26(12-13-26)19-6-9-21(31-3)10-7-19;;;;;/h1,3-4,7,9-12,14-17,21,27,33H,2,5-6,8,13,18-20,22H2,(H,31,34);5-12,15-16H,13-14H2,1-4H3,(H,28,30);4-11,14-15H,12-13H2,1-3H3,(H,28,30);5*1H/t27-;;;;;;;/m1......./s1. The number of benzene rings is 9. The Bertz CT molecular complexity index is 4420. The van der Waals surface area contributed by atoms with Crippen LogP contribution in [0.15, 0.2) is 205 Å². The Kier molecular flexibility index (Phi) is 21.4. The van der Waals surface area contributed by atoms with Crippen LogP contribution in [-0.2, 0) is 40.7 Å². The Morgan fingerprint density at radius 1 is 0.485 bits per heavy atom. The monoisotopic (exact) mass is 1360 g/mol. The zero-order valence-electron chi connectivity index (χ0n) is 57.2. The lowest BCUT2D eigenvalue weighted by Crippen LogP contribution is -2.42. The van der Waals surface area contributed by atoms with Crippen LogP contribution < -0.4 is 25.4 Å². The van der Waals surface area contributed by atoms with Gasteiger partial charge in [-0.1, -0.05) is 135 Å². The Balaban J connectivity index is 0.000000240. The minimum absolute atomic E-state index is 0. The molecule has 1 atom stereocenters. The number of methoxy groups -OCH3 is 2. The predicted molar refractivity (Wildman–Crippen MR) is 399 cm³/mol. The summed E-state index contributed by atoms with van der Waals surface area (Å²) in [5.74, 6) is 0.931. The fourth-order valence-electron chi connectivity index (χ4n) is 13.8. The number of Topliss-reactive ketones (excluding diaryl/α,β-unsaturated/α-hetero) is 2. The number of halogens is 1. The third-order valence-corrected chi connectivity index (χ3v) is 22.1. The first kappa shape index (κ1) is 70.4. The molecule has 4 N–H and O–H groups in total. The number of nitrogens with zero attached hydrogens (tertiary/aromatic N) is 1. The van der Waals surface area contributed by atoms with Crippen molar-refractivity contribution in [1.29, 1.82) is 0 Å². The average molecular weight is 1360 g/mol. The molecule has 0 unspecified atom stereocenters. The lowest BCUT2D eigenvalue weighted by Gasteiger charge is -2.36. The van der Waals surface area contributed by atoms with Crippen molar-refractivity contribution in [1.82, 2.24) is 4.31 Å². The molecule has 14 nitrogen and oxygen atoms in total. The maximum absolute atomic E-state index is 14.7. The highest BCUT2D eigenvalue weighted by molar-refractivity contribution is 7.89. The predicted octanol–water partition coefficient (Wildman–Crippen LogP) is 18.1. The van der Waals surface area contributed by atoms with Crippen LogP contribution in [0, 0.1) is 26.6 Å². The zero-order valence-corrected chi connectivity index (χ0v) is 58.0. The number of aliphatic hydroxyl groups is 1. The first-order valence-electron chi connectivity index (χ1n) is 33.9. The van der Waals surface area contributed by atoms with Crippen LogP contribution in [0.2, 0.25) is 0 Å².